The lowest BCUT2D eigenvalue weighted by atomic mass is 10.3. The zero-order valence-corrected chi connectivity index (χ0v) is 11.4. The van der Waals surface area contributed by atoms with Gasteiger partial charge in [-0.05, 0) is 30.3 Å². The molecule has 1 aromatic carbocycles. The maximum absolute atomic E-state index is 11.7. The summed E-state index contributed by atoms with van der Waals surface area (Å²) in [7, 11) is 0. The number of nitrogens with one attached hydrogen (secondary N) is 1. The Hall–Kier alpha value is -1.72. The molecule has 2 rings (SSSR count). The van der Waals surface area contributed by atoms with Gasteiger partial charge in [-0.15, -0.1) is 11.8 Å². The zero-order chi connectivity index (χ0) is 13.7. The van der Waals surface area contributed by atoms with Gasteiger partial charge in [-0.1, -0.05) is 17.7 Å². The highest BCUT2D eigenvalue weighted by Gasteiger charge is 2.07. The molecule has 0 unspecified atom stereocenters. The lowest BCUT2D eigenvalue weighted by Gasteiger charge is -2.06. The predicted molar refractivity (Wildman–Crippen MR) is 76.7 cm³/mol. The van der Waals surface area contributed by atoms with Crippen LogP contribution >= 0.6 is 23.4 Å². The molecular formula is C13H11ClN2O2S. The van der Waals surface area contributed by atoms with Gasteiger partial charge in [0.1, 0.15) is 5.75 Å². The van der Waals surface area contributed by atoms with E-state index >= 15 is 0 Å². The van der Waals surface area contributed by atoms with Crippen molar-refractivity contribution in [3.8, 4) is 5.75 Å². The fourth-order valence-electron chi connectivity index (χ4n) is 1.39. The van der Waals surface area contributed by atoms with Crippen molar-refractivity contribution < 1.29 is 9.90 Å². The molecule has 0 aliphatic carbocycles. The Balaban J connectivity index is 1.90. The summed E-state index contributed by atoms with van der Waals surface area (Å²) in [6.07, 6.45) is 1.56. The van der Waals surface area contributed by atoms with E-state index in [-0.39, 0.29) is 22.6 Å². The van der Waals surface area contributed by atoms with Crippen molar-refractivity contribution in [2.45, 2.75) is 4.90 Å². The average Bonchev–Trinajstić information content (AvgIpc) is 2.39. The minimum atomic E-state index is -0.178. The van der Waals surface area contributed by atoms with E-state index in [2.05, 4.69) is 10.3 Å². The number of rotatable bonds is 4. The second kappa shape index (κ2) is 6.45. The smallest absolute Gasteiger partial charge is 0.234 e. The number of amides is 1. The standard InChI is InChI=1S/C13H11ClN2O2S/c14-13-11(5-2-6-15-13)16-12(18)8-19-10-4-1-3-9(17)7-10/h1-7,17H,8H2,(H,16,18). The van der Waals surface area contributed by atoms with Crippen LogP contribution in [0.1, 0.15) is 0 Å². The topological polar surface area (TPSA) is 62.2 Å². The van der Waals surface area contributed by atoms with E-state index in [1.807, 2.05) is 6.07 Å². The molecular weight excluding hydrogens is 284 g/mol. The molecule has 19 heavy (non-hydrogen) atoms. The van der Waals surface area contributed by atoms with Gasteiger partial charge in [-0.25, -0.2) is 4.98 Å². The molecule has 0 aliphatic rings. The molecule has 0 saturated carbocycles. The van der Waals surface area contributed by atoms with Gasteiger partial charge in [-0.2, -0.15) is 0 Å². The maximum Gasteiger partial charge on any atom is 0.234 e. The molecule has 0 fully saturated rings. The number of phenols is 1. The van der Waals surface area contributed by atoms with Gasteiger partial charge in [-0.3, -0.25) is 4.79 Å². The van der Waals surface area contributed by atoms with Crippen LogP contribution in [0.15, 0.2) is 47.5 Å². The van der Waals surface area contributed by atoms with Crippen LogP contribution in [0, 0.1) is 0 Å². The lowest BCUT2D eigenvalue weighted by Crippen LogP contribution is -2.14. The molecule has 6 heteroatoms. The van der Waals surface area contributed by atoms with E-state index in [1.165, 1.54) is 11.8 Å². The van der Waals surface area contributed by atoms with E-state index in [1.54, 1.807) is 36.5 Å². The van der Waals surface area contributed by atoms with Gasteiger partial charge in [0.2, 0.25) is 5.91 Å². The van der Waals surface area contributed by atoms with E-state index in [0.717, 1.165) is 4.90 Å². The number of carbonyl (C=O) groups excluding carboxylic acids is 1. The third kappa shape index (κ3) is 4.15. The fraction of sp³-hybridized carbons (Fsp3) is 0.0769. The average molecular weight is 295 g/mol. The van der Waals surface area contributed by atoms with Gasteiger partial charge in [0.05, 0.1) is 11.4 Å². The van der Waals surface area contributed by atoms with Crippen LogP contribution in [0.5, 0.6) is 5.75 Å². The number of thioether (sulfide) groups is 1. The fourth-order valence-corrected chi connectivity index (χ4v) is 2.30. The van der Waals surface area contributed by atoms with Crippen molar-refractivity contribution in [3.63, 3.8) is 0 Å². The summed E-state index contributed by atoms with van der Waals surface area (Å²) in [5.41, 5.74) is 0.491. The summed E-state index contributed by atoms with van der Waals surface area (Å²) in [5.74, 6) is 0.234. The van der Waals surface area contributed by atoms with Crippen LogP contribution in [-0.4, -0.2) is 21.8 Å². The first-order chi connectivity index (χ1) is 9.15. The number of halogens is 1. The summed E-state index contributed by atoms with van der Waals surface area (Å²) in [6, 6.07) is 10.1. The monoisotopic (exact) mass is 294 g/mol. The van der Waals surface area contributed by atoms with E-state index < -0.39 is 0 Å². The number of aromatic nitrogens is 1. The number of phenolic OH excluding ortho intramolecular Hbond substituents is 1. The highest BCUT2D eigenvalue weighted by molar-refractivity contribution is 8.00. The number of benzene rings is 1. The van der Waals surface area contributed by atoms with Crippen molar-refractivity contribution >= 4 is 35.0 Å². The van der Waals surface area contributed by atoms with Gasteiger partial charge < -0.3 is 10.4 Å². The van der Waals surface area contributed by atoms with Crippen molar-refractivity contribution in [2.75, 3.05) is 11.1 Å². The van der Waals surface area contributed by atoms with Crippen LogP contribution in [-0.2, 0) is 4.79 Å². The van der Waals surface area contributed by atoms with Crippen molar-refractivity contribution in [1.82, 2.24) is 4.98 Å². The normalized spacial score (nSPS) is 10.2. The quantitative estimate of drug-likeness (QED) is 0.671. The molecule has 1 aromatic heterocycles. The van der Waals surface area contributed by atoms with Crippen LogP contribution in [0.25, 0.3) is 0 Å². The summed E-state index contributed by atoms with van der Waals surface area (Å²) < 4.78 is 0. The Morgan fingerprint density at radius 3 is 2.95 bits per heavy atom. The Morgan fingerprint density at radius 1 is 1.37 bits per heavy atom. The molecule has 2 aromatic rings. The minimum Gasteiger partial charge on any atom is -0.508 e. The Kier molecular flexibility index (Phi) is 4.65. The molecule has 0 aliphatic heterocycles. The SMILES string of the molecule is O=C(CSc1cccc(O)c1)Nc1cccnc1Cl. The van der Waals surface area contributed by atoms with E-state index in [0.29, 0.717) is 5.69 Å². The summed E-state index contributed by atoms with van der Waals surface area (Å²) >= 11 is 7.17. The van der Waals surface area contributed by atoms with Crippen LogP contribution < -0.4 is 5.32 Å². The third-order valence-corrected chi connectivity index (χ3v) is 3.52. The molecule has 4 nitrogen and oxygen atoms in total. The molecule has 0 radical (unpaired) electrons. The summed E-state index contributed by atoms with van der Waals surface area (Å²) in [4.78, 5) is 16.4. The van der Waals surface area contributed by atoms with Gasteiger partial charge in [0, 0.05) is 11.1 Å². The van der Waals surface area contributed by atoms with E-state index in [4.69, 9.17) is 11.6 Å². The number of hydrogen-bond acceptors (Lipinski definition) is 4. The van der Waals surface area contributed by atoms with Gasteiger partial charge in [0.25, 0.3) is 0 Å². The molecule has 1 heterocycles. The first-order valence-electron chi connectivity index (χ1n) is 5.47. The van der Waals surface area contributed by atoms with Crippen LogP contribution in [0.2, 0.25) is 5.15 Å². The third-order valence-electron chi connectivity index (χ3n) is 2.22. The number of carbonyl (C=O) groups is 1. The van der Waals surface area contributed by atoms with Gasteiger partial charge in [0.15, 0.2) is 5.15 Å². The second-order valence-corrected chi connectivity index (χ2v) is 5.08. The maximum atomic E-state index is 11.7. The second-order valence-electron chi connectivity index (χ2n) is 3.68. The first-order valence-corrected chi connectivity index (χ1v) is 6.84. The molecule has 98 valence electrons. The zero-order valence-electron chi connectivity index (χ0n) is 9.84. The van der Waals surface area contributed by atoms with Gasteiger partial charge >= 0.3 is 0 Å². The van der Waals surface area contributed by atoms with Crippen molar-refractivity contribution in [3.05, 3.63) is 47.7 Å². The molecule has 0 bridgehead atoms. The molecule has 0 atom stereocenters. The number of nitrogens with zero attached hydrogens (tertiary/aromatic N) is 1. The molecule has 0 spiro atoms. The highest BCUT2D eigenvalue weighted by atomic mass is 35.5. The number of aromatic hydroxyl groups is 1. The van der Waals surface area contributed by atoms with E-state index in [9.17, 15) is 9.90 Å². The number of anilines is 1. The van der Waals surface area contributed by atoms with Crippen molar-refractivity contribution in [2.24, 2.45) is 0 Å². The largest absolute Gasteiger partial charge is 0.508 e. The van der Waals surface area contributed by atoms with Crippen LogP contribution in [0.4, 0.5) is 5.69 Å². The molecule has 1 amide bonds. The minimum absolute atomic E-state index is 0.178. The Bertz CT molecular complexity index is 592. The lowest BCUT2D eigenvalue weighted by molar-refractivity contribution is -0.113. The Morgan fingerprint density at radius 2 is 2.21 bits per heavy atom. The van der Waals surface area contributed by atoms with Crippen molar-refractivity contribution in [1.29, 1.82) is 0 Å². The molecule has 0 saturated heterocycles. The molecule has 2 N–H and O–H groups in total. The highest BCUT2D eigenvalue weighted by Crippen LogP contribution is 2.23. The summed E-state index contributed by atoms with van der Waals surface area (Å²) in [6.45, 7) is 0. The predicted octanol–water partition coefficient (Wildman–Crippen LogP) is 3.17. The summed E-state index contributed by atoms with van der Waals surface area (Å²) in [5, 5.41) is 12.3. The Labute approximate surface area is 119 Å². The number of hydrogen-bond donors (Lipinski definition) is 2. The first kappa shape index (κ1) is 13.7. The van der Waals surface area contributed by atoms with Crippen LogP contribution in [0.3, 0.4) is 0 Å². The number of pyridine rings is 1.